The number of nitrogens with one attached hydrogen (secondary N) is 1. The SMILES string of the molecule is Cc1ccc(C(CC(=O)OC(C)C)NC(=O)C2CCN(c3nc4ccccc4o3)CC2)cc1. The number of anilines is 1. The molecule has 4 rings (SSSR count). The monoisotopic (exact) mass is 449 g/mol. The number of aromatic nitrogens is 1. The summed E-state index contributed by atoms with van der Waals surface area (Å²) >= 11 is 0. The van der Waals surface area contributed by atoms with Crippen LogP contribution in [0.5, 0.6) is 0 Å². The van der Waals surface area contributed by atoms with E-state index in [9.17, 15) is 9.59 Å². The van der Waals surface area contributed by atoms with Gasteiger partial charge >= 0.3 is 5.97 Å². The number of aryl methyl sites for hydroxylation is 1. The molecule has 7 nitrogen and oxygen atoms in total. The fourth-order valence-electron chi connectivity index (χ4n) is 4.15. The van der Waals surface area contributed by atoms with E-state index in [4.69, 9.17) is 9.15 Å². The van der Waals surface area contributed by atoms with Crippen molar-refractivity contribution in [1.82, 2.24) is 10.3 Å². The Hall–Kier alpha value is -3.35. The molecule has 0 radical (unpaired) electrons. The number of ether oxygens (including phenoxy) is 1. The predicted molar refractivity (Wildman–Crippen MR) is 127 cm³/mol. The van der Waals surface area contributed by atoms with Crippen LogP contribution in [0.15, 0.2) is 52.9 Å². The topological polar surface area (TPSA) is 84.7 Å². The van der Waals surface area contributed by atoms with Gasteiger partial charge < -0.3 is 19.4 Å². The van der Waals surface area contributed by atoms with Crippen molar-refractivity contribution in [3.8, 4) is 0 Å². The van der Waals surface area contributed by atoms with Crippen molar-refractivity contribution in [1.29, 1.82) is 0 Å². The Kier molecular flexibility index (Phi) is 6.96. The van der Waals surface area contributed by atoms with Gasteiger partial charge in [-0.05, 0) is 51.3 Å². The molecule has 1 N–H and O–H groups in total. The van der Waals surface area contributed by atoms with E-state index in [1.807, 2.05) is 69.3 Å². The highest BCUT2D eigenvalue weighted by molar-refractivity contribution is 5.81. The molecule has 1 unspecified atom stereocenters. The minimum Gasteiger partial charge on any atom is -0.463 e. The quantitative estimate of drug-likeness (QED) is 0.533. The van der Waals surface area contributed by atoms with Crippen LogP contribution in [0.3, 0.4) is 0 Å². The summed E-state index contributed by atoms with van der Waals surface area (Å²) < 4.78 is 11.2. The lowest BCUT2D eigenvalue weighted by Gasteiger charge is -2.31. The Balaban J connectivity index is 1.39. The van der Waals surface area contributed by atoms with Crippen LogP contribution in [0.2, 0.25) is 0 Å². The summed E-state index contributed by atoms with van der Waals surface area (Å²) in [5.74, 6) is -0.475. The average Bonchev–Trinajstić information content (AvgIpc) is 3.23. The average molecular weight is 450 g/mol. The van der Waals surface area contributed by atoms with E-state index in [2.05, 4.69) is 15.2 Å². The lowest BCUT2D eigenvalue weighted by molar-refractivity contribution is -0.148. The maximum atomic E-state index is 13.1. The van der Waals surface area contributed by atoms with E-state index in [1.165, 1.54) is 0 Å². The zero-order chi connectivity index (χ0) is 23.4. The van der Waals surface area contributed by atoms with Gasteiger partial charge in [-0.15, -0.1) is 0 Å². The summed E-state index contributed by atoms with van der Waals surface area (Å²) in [5.41, 5.74) is 3.63. The molecule has 2 aromatic carbocycles. The third-order valence-corrected chi connectivity index (χ3v) is 5.95. The predicted octanol–water partition coefficient (Wildman–Crippen LogP) is 4.55. The molecule has 1 amide bonds. The summed E-state index contributed by atoms with van der Waals surface area (Å²) in [5, 5.41) is 3.11. The molecule has 1 atom stereocenters. The zero-order valence-electron chi connectivity index (χ0n) is 19.4. The number of rotatable bonds is 7. The number of fused-ring (bicyclic) bond motifs is 1. The molecule has 1 aliphatic rings. The van der Waals surface area contributed by atoms with Crippen LogP contribution in [-0.4, -0.2) is 36.1 Å². The molecule has 1 fully saturated rings. The normalized spacial score (nSPS) is 15.6. The third-order valence-electron chi connectivity index (χ3n) is 5.95. The number of piperidine rings is 1. The van der Waals surface area contributed by atoms with Crippen molar-refractivity contribution in [2.75, 3.05) is 18.0 Å². The molecule has 1 aliphatic heterocycles. The lowest BCUT2D eigenvalue weighted by Crippen LogP contribution is -2.42. The van der Waals surface area contributed by atoms with Gasteiger partial charge in [0.05, 0.1) is 18.6 Å². The number of benzene rings is 2. The Morgan fingerprint density at radius 3 is 2.48 bits per heavy atom. The molecular formula is C26H31N3O4. The van der Waals surface area contributed by atoms with Gasteiger partial charge in [-0.25, -0.2) is 0 Å². The first kappa shape index (κ1) is 22.8. The maximum absolute atomic E-state index is 13.1. The minimum absolute atomic E-state index is 0.0323. The number of carbonyl (C=O) groups excluding carboxylic acids is 2. The molecule has 0 bridgehead atoms. The van der Waals surface area contributed by atoms with Crippen LogP contribution >= 0.6 is 0 Å². The fourth-order valence-corrected chi connectivity index (χ4v) is 4.15. The largest absolute Gasteiger partial charge is 0.463 e. The minimum atomic E-state index is -0.417. The number of nitrogens with zero attached hydrogens (tertiary/aromatic N) is 2. The van der Waals surface area contributed by atoms with Crippen LogP contribution in [0, 0.1) is 12.8 Å². The molecular weight excluding hydrogens is 418 g/mol. The second kappa shape index (κ2) is 10.1. The Morgan fingerprint density at radius 2 is 1.82 bits per heavy atom. The number of amides is 1. The van der Waals surface area contributed by atoms with Gasteiger partial charge in [-0.2, -0.15) is 4.98 Å². The standard InChI is InChI=1S/C26H31N3O4/c1-17(2)32-24(30)16-22(19-10-8-18(3)9-11-19)27-25(31)20-12-14-29(15-13-20)26-28-21-6-4-5-7-23(21)33-26/h4-11,17,20,22H,12-16H2,1-3H3,(H,27,31). The number of oxazole rings is 1. The van der Waals surface area contributed by atoms with Gasteiger partial charge in [-0.3, -0.25) is 9.59 Å². The van der Waals surface area contributed by atoms with Crippen molar-refractivity contribution in [2.45, 2.75) is 52.2 Å². The summed E-state index contributed by atoms with van der Waals surface area (Å²) in [7, 11) is 0. The van der Waals surface area contributed by atoms with Gasteiger partial charge in [0.25, 0.3) is 6.01 Å². The first-order chi connectivity index (χ1) is 15.9. The molecule has 1 saturated heterocycles. The molecule has 0 spiro atoms. The molecule has 0 aliphatic carbocycles. The van der Waals surface area contributed by atoms with E-state index < -0.39 is 6.04 Å². The lowest BCUT2D eigenvalue weighted by atomic mass is 9.94. The van der Waals surface area contributed by atoms with E-state index in [0.717, 1.165) is 22.2 Å². The molecule has 1 aromatic heterocycles. The maximum Gasteiger partial charge on any atom is 0.308 e. The van der Waals surface area contributed by atoms with Gasteiger partial charge in [0.15, 0.2) is 5.58 Å². The molecule has 7 heteroatoms. The van der Waals surface area contributed by atoms with Crippen LogP contribution in [0.4, 0.5) is 6.01 Å². The Labute approximate surface area is 194 Å². The molecule has 0 saturated carbocycles. The van der Waals surface area contributed by atoms with E-state index in [1.54, 1.807) is 0 Å². The number of hydrogen-bond donors (Lipinski definition) is 1. The van der Waals surface area contributed by atoms with Gasteiger partial charge in [0, 0.05) is 19.0 Å². The smallest absolute Gasteiger partial charge is 0.308 e. The molecule has 33 heavy (non-hydrogen) atoms. The van der Waals surface area contributed by atoms with E-state index >= 15 is 0 Å². The highest BCUT2D eigenvalue weighted by atomic mass is 16.5. The third kappa shape index (κ3) is 5.72. The van der Waals surface area contributed by atoms with Crippen molar-refractivity contribution >= 4 is 29.0 Å². The van der Waals surface area contributed by atoms with Crippen LogP contribution in [0.1, 0.15) is 50.3 Å². The number of carbonyl (C=O) groups is 2. The van der Waals surface area contributed by atoms with Gasteiger partial charge in [0.1, 0.15) is 5.52 Å². The second-order valence-electron chi connectivity index (χ2n) is 8.94. The first-order valence-electron chi connectivity index (χ1n) is 11.6. The molecule has 3 aromatic rings. The number of para-hydroxylation sites is 2. The second-order valence-corrected chi connectivity index (χ2v) is 8.94. The Morgan fingerprint density at radius 1 is 1.12 bits per heavy atom. The van der Waals surface area contributed by atoms with Crippen LogP contribution < -0.4 is 10.2 Å². The van der Waals surface area contributed by atoms with Gasteiger partial charge in [-0.1, -0.05) is 42.0 Å². The summed E-state index contributed by atoms with van der Waals surface area (Å²) in [6, 6.07) is 15.8. The van der Waals surface area contributed by atoms with Crippen molar-refractivity contribution < 1.29 is 18.7 Å². The zero-order valence-corrected chi connectivity index (χ0v) is 19.4. The first-order valence-corrected chi connectivity index (χ1v) is 11.6. The highest BCUT2D eigenvalue weighted by Gasteiger charge is 2.29. The van der Waals surface area contributed by atoms with Crippen LogP contribution in [0.25, 0.3) is 11.1 Å². The summed E-state index contributed by atoms with van der Waals surface area (Å²) in [6.07, 6.45) is 1.31. The highest BCUT2D eigenvalue weighted by Crippen LogP contribution is 2.27. The summed E-state index contributed by atoms with van der Waals surface area (Å²) in [6.45, 7) is 7.03. The number of esters is 1. The van der Waals surface area contributed by atoms with Crippen molar-refractivity contribution in [2.24, 2.45) is 5.92 Å². The van der Waals surface area contributed by atoms with Crippen molar-refractivity contribution in [3.05, 3.63) is 59.7 Å². The molecule has 174 valence electrons. The fraction of sp³-hybridized carbons (Fsp3) is 0.423. The van der Waals surface area contributed by atoms with Crippen LogP contribution in [-0.2, 0) is 14.3 Å². The Bertz CT molecular complexity index is 1070. The molecule has 2 heterocycles. The summed E-state index contributed by atoms with van der Waals surface area (Å²) in [4.78, 5) is 32.1. The van der Waals surface area contributed by atoms with E-state index in [-0.39, 0.29) is 30.3 Å². The number of hydrogen-bond acceptors (Lipinski definition) is 6. The van der Waals surface area contributed by atoms with Gasteiger partial charge in [0.2, 0.25) is 5.91 Å². The van der Waals surface area contributed by atoms with E-state index in [0.29, 0.717) is 31.9 Å². The van der Waals surface area contributed by atoms with Crippen molar-refractivity contribution in [3.63, 3.8) is 0 Å².